The maximum Gasteiger partial charge on any atom is 0.417 e. The molecule has 1 aromatic rings. The van der Waals surface area contributed by atoms with E-state index in [4.69, 9.17) is 4.74 Å². The first-order valence-electron chi connectivity index (χ1n) is 4.88. The van der Waals surface area contributed by atoms with Gasteiger partial charge in [-0.25, -0.2) is 0 Å². The third-order valence-corrected chi connectivity index (χ3v) is 2.30. The van der Waals surface area contributed by atoms with E-state index in [-0.39, 0.29) is 11.7 Å². The molecule has 92 valence electrons. The Hall–Kier alpha value is -1.63. The van der Waals surface area contributed by atoms with E-state index in [1.54, 1.807) is 0 Å². The molecule has 1 N–H and O–H groups in total. The van der Waals surface area contributed by atoms with Gasteiger partial charge in [-0.3, -0.25) is 9.78 Å². The molecule has 0 atom stereocenters. The number of nitrogens with one attached hydrogen (secondary N) is 1. The Morgan fingerprint density at radius 1 is 1.41 bits per heavy atom. The smallest absolute Gasteiger partial charge is 0.377 e. The molecule has 1 fully saturated rings. The number of hydrogen-bond donors (Lipinski definition) is 1. The number of rotatable bonds is 2. The van der Waals surface area contributed by atoms with Crippen molar-refractivity contribution >= 4 is 5.91 Å². The summed E-state index contributed by atoms with van der Waals surface area (Å²) in [5.41, 5.74) is -0.911. The number of amides is 1. The Labute approximate surface area is 94.8 Å². The number of alkyl halides is 3. The Morgan fingerprint density at radius 3 is 2.53 bits per heavy atom. The highest BCUT2D eigenvalue weighted by molar-refractivity contribution is 5.92. The van der Waals surface area contributed by atoms with Crippen molar-refractivity contribution in [1.29, 1.82) is 0 Å². The van der Waals surface area contributed by atoms with E-state index in [1.807, 2.05) is 0 Å². The van der Waals surface area contributed by atoms with Crippen LogP contribution in [0.25, 0.3) is 0 Å². The van der Waals surface area contributed by atoms with Gasteiger partial charge in [0.15, 0.2) is 0 Å². The number of ether oxygens (including phenoxy) is 1. The highest BCUT2D eigenvalue weighted by Crippen LogP contribution is 2.28. The largest absolute Gasteiger partial charge is 0.417 e. The highest BCUT2D eigenvalue weighted by atomic mass is 19.4. The summed E-state index contributed by atoms with van der Waals surface area (Å²) in [7, 11) is 0. The van der Waals surface area contributed by atoms with E-state index < -0.39 is 17.6 Å². The van der Waals surface area contributed by atoms with Crippen LogP contribution >= 0.6 is 0 Å². The first kappa shape index (κ1) is 11.8. The fourth-order valence-corrected chi connectivity index (χ4v) is 1.27. The van der Waals surface area contributed by atoms with Gasteiger partial charge in [0, 0.05) is 6.20 Å². The second-order valence-electron chi connectivity index (χ2n) is 3.64. The van der Waals surface area contributed by atoms with Crippen LogP contribution in [0, 0.1) is 0 Å². The molecule has 1 aliphatic heterocycles. The van der Waals surface area contributed by atoms with Crippen molar-refractivity contribution in [1.82, 2.24) is 10.3 Å². The van der Waals surface area contributed by atoms with E-state index in [2.05, 4.69) is 10.3 Å². The molecule has 1 aromatic heterocycles. The van der Waals surface area contributed by atoms with Crippen molar-refractivity contribution < 1.29 is 22.7 Å². The van der Waals surface area contributed by atoms with Crippen LogP contribution in [0.1, 0.15) is 16.1 Å². The lowest BCUT2D eigenvalue weighted by molar-refractivity contribution is -0.137. The first-order chi connectivity index (χ1) is 7.97. The summed E-state index contributed by atoms with van der Waals surface area (Å²) in [5, 5.41) is 2.58. The van der Waals surface area contributed by atoms with E-state index in [0.717, 1.165) is 12.1 Å². The number of carbonyl (C=O) groups is 1. The van der Waals surface area contributed by atoms with Gasteiger partial charge < -0.3 is 10.1 Å². The normalized spacial score (nSPS) is 16.4. The third kappa shape index (κ3) is 2.73. The lowest BCUT2D eigenvalue weighted by Gasteiger charge is -2.26. The van der Waals surface area contributed by atoms with Crippen LogP contribution in [-0.2, 0) is 10.9 Å². The van der Waals surface area contributed by atoms with Crippen LogP contribution < -0.4 is 5.32 Å². The van der Waals surface area contributed by atoms with E-state index in [0.29, 0.717) is 19.4 Å². The molecule has 2 rings (SSSR count). The highest BCUT2D eigenvalue weighted by Gasteiger charge is 2.31. The van der Waals surface area contributed by atoms with Gasteiger partial charge in [0.25, 0.3) is 5.91 Å². The third-order valence-electron chi connectivity index (χ3n) is 2.30. The fourth-order valence-electron chi connectivity index (χ4n) is 1.27. The molecule has 2 heterocycles. The monoisotopic (exact) mass is 246 g/mol. The summed E-state index contributed by atoms with van der Waals surface area (Å²) in [6, 6.07) is 1.81. The van der Waals surface area contributed by atoms with Crippen molar-refractivity contribution in [3.05, 3.63) is 29.6 Å². The molecule has 0 aromatic carbocycles. The van der Waals surface area contributed by atoms with Gasteiger partial charge in [-0.05, 0) is 12.1 Å². The molecule has 0 saturated carbocycles. The summed E-state index contributed by atoms with van der Waals surface area (Å²) >= 11 is 0. The lowest BCUT2D eigenvalue weighted by Crippen LogP contribution is -2.48. The Balaban J connectivity index is 2.04. The predicted octanol–water partition coefficient (Wildman–Crippen LogP) is 1.23. The molecule has 4 nitrogen and oxygen atoms in total. The van der Waals surface area contributed by atoms with E-state index in [9.17, 15) is 18.0 Å². The fraction of sp³-hybridized carbons (Fsp3) is 0.400. The minimum Gasteiger partial charge on any atom is -0.377 e. The quantitative estimate of drug-likeness (QED) is 0.853. The van der Waals surface area contributed by atoms with E-state index >= 15 is 0 Å². The average molecular weight is 246 g/mol. The number of aromatic nitrogens is 1. The summed E-state index contributed by atoms with van der Waals surface area (Å²) in [6.45, 7) is 0.846. The van der Waals surface area contributed by atoms with Crippen LogP contribution in [-0.4, -0.2) is 30.1 Å². The molecule has 1 saturated heterocycles. The zero-order chi connectivity index (χ0) is 12.5. The minimum absolute atomic E-state index is 0.0371. The van der Waals surface area contributed by atoms with Gasteiger partial charge in [-0.2, -0.15) is 13.2 Å². The zero-order valence-electron chi connectivity index (χ0n) is 8.62. The first-order valence-corrected chi connectivity index (χ1v) is 4.88. The van der Waals surface area contributed by atoms with Crippen molar-refractivity contribution in [3.8, 4) is 0 Å². The number of pyridine rings is 1. The molecular formula is C10H9F3N2O2. The standard InChI is InChI=1S/C10H9F3N2O2/c11-10(12,13)6-1-2-8(14-3-6)9(16)15-7-4-17-5-7/h1-3,7H,4-5H2,(H,15,16). The second-order valence-corrected chi connectivity index (χ2v) is 3.64. The maximum absolute atomic E-state index is 12.2. The molecule has 7 heteroatoms. The Bertz CT molecular complexity index is 413. The molecule has 0 aliphatic carbocycles. The van der Waals surface area contributed by atoms with Gasteiger partial charge in [0.1, 0.15) is 5.69 Å². The van der Waals surface area contributed by atoms with Crippen molar-refractivity contribution in [2.45, 2.75) is 12.2 Å². The molecular weight excluding hydrogens is 237 g/mol. The summed E-state index contributed by atoms with van der Waals surface area (Å²) in [5.74, 6) is -0.493. The maximum atomic E-state index is 12.2. The van der Waals surface area contributed by atoms with Crippen LogP contribution in [0.2, 0.25) is 0 Å². The van der Waals surface area contributed by atoms with Crippen LogP contribution in [0.15, 0.2) is 18.3 Å². The van der Waals surface area contributed by atoms with Crippen molar-refractivity contribution in [2.24, 2.45) is 0 Å². The van der Waals surface area contributed by atoms with Gasteiger partial charge in [-0.1, -0.05) is 0 Å². The summed E-state index contributed by atoms with van der Waals surface area (Å²) in [6.07, 6.45) is -3.80. The molecule has 0 bridgehead atoms. The predicted molar refractivity (Wildman–Crippen MR) is 51.3 cm³/mol. The van der Waals surface area contributed by atoms with Crippen LogP contribution in [0.4, 0.5) is 13.2 Å². The molecule has 17 heavy (non-hydrogen) atoms. The average Bonchev–Trinajstić information content (AvgIpc) is 2.22. The SMILES string of the molecule is O=C(NC1COC1)c1ccc(C(F)(F)F)cn1. The number of nitrogens with zero attached hydrogens (tertiary/aromatic N) is 1. The molecule has 0 spiro atoms. The van der Waals surface area contributed by atoms with Gasteiger partial charge in [0.05, 0.1) is 24.8 Å². The Kier molecular flexibility index (Phi) is 3.01. The molecule has 1 amide bonds. The van der Waals surface area contributed by atoms with Gasteiger partial charge in [-0.15, -0.1) is 0 Å². The van der Waals surface area contributed by atoms with E-state index in [1.165, 1.54) is 0 Å². The second kappa shape index (κ2) is 4.33. The van der Waals surface area contributed by atoms with Gasteiger partial charge >= 0.3 is 6.18 Å². The number of hydrogen-bond acceptors (Lipinski definition) is 3. The number of carbonyl (C=O) groups excluding carboxylic acids is 1. The Morgan fingerprint density at radius 2 is 2.12 bits per heavy atom. The van der Waals surface area contributed by atoms with Gasteiger partial charge in [0.2, 0.25) is 0 Å². The molecule has 0 unspecified atom stereocenters. The number of halogens is 3. The zero-order valence-corrected chi connectivity index (χ0v) is 8.62. The van der Waals surface area contributed by atoms with Crippen molar-refractivity contribution in [2.75, 3.05) is 13.2 Å². The van der Waals surface area contributed by atoms with Crippen LogP contribution in [0.3, 0.4) is 0 Å². The summed E-state index contributed by atoms with van der Waals surface area (Å²) in [4.78, 5) is 15.0. The minimum atomic E-state index is -4.44. The summed E-state index contributed by atoms with van der Waals surface area (Å²) < 4.78 is 41.6. The molecule has 0 radical (unpaired) electrons. The molecule has 1 aliphatic rings. The lowest BCUT2D eigenvalue weighted by atomic mass is 10.2. The topological polar surface area (TPSA) is 51.2 Å². The van der Waals surface area contributed by atoms with Crippen molar-refractivity contribution in [3.63, 3.8) is 0 Å². The van der Waals surface area contributed by atoms with Crippen LogP contribution in [0.5, 0.6) is 0 Å².